The summed E-state index contributed by atoms with van der Waals surface area (Å²) in [4.78, 5) is 13.7. The van der Waals surface area contributed by atoms with Gasteiger partial charge in [0.1, 0.15) is 0 Å². The molecule has 1 N–H and O–H groups in total. The highest BCUT2D eigenvalue weighted by Crippen LogP contribution is 2.23. The Kier molecular flexibility index (Phi) is 7.33. The zero-order chi connectivity index (χ0) is 23.2. The van der Waals surface area contributed by atoms with E-state index in [1.165, 1.54) is 10.5 Å². The summed E-state index contributed by atoms with van der Waals surface area (Å²) < 4.78 is 2.13. The number of carbonyl (C=O) groups is 1. The number of benzene rings is 3. The van der Waals surface area contributed by atoms with E-state index in [0.717, 1.165) is 28.4 Å². The van der Waals surface area contributed by atoms with E-state index in [1.54, 1.807) is 18.0 Å². The van der Waals surface area contributed by atoms with E-state index >= 15 is 0 Å². The van der Waals surface area contributed by atoms with Gasteiger partial charge in [0, 0.05) is 43.9 Å². The molecule has 3 aromatic carbocycles. The molecule has 0 saturated carbocycles. The van der Waals surface area contributed by atoms with Crippen molar-refractivity contribution in [3.63, 3.8) is 0 Å². The van der Waals surface area contributed by atoms with E-state index in [0.29, 0.717) is 10.6 Å². The Balaban J connectivity index is 1.37. The molecule has 0 atom stereocenters. The average molecular weight is 474 g/mol. The number of hydrogen-bond donors (Lipinski definition) is 1. The van der Waals surface area contributed by atoms with Crippen LogP contribution >= 0.6 is 23.4 Å². The van der Waals surface area contributed by atoms with Crippen LogP contribution < -0.4 is 5.43 Å². The van der Waals surface area contributed by atoms with Gasteiger partial charge in [-0.05, 0) is 74.0 Å². The first kappa shape index (κ1) is 22.9. The molecule has 4 rings (SSSR count). The van der Waals surface area contributed by atoms with E-state index in [2.05, 4.69) is 27.2 Å². The zero-order valence-corrected chi connectivity index (χ0v) is 20.0. The van der Waals surface area contributed by atoms with E-state index in [9.17, 15) is 4.79 Å². The van der Waals surface area contributed by atoms with Crippen LogP contribution in [0.15, 0.2) is 94.9 Å². The summed E-state index contributed by atoms with van der Waals surface area (Å²) in [6.45, 7) is 4.06. The van der Waals surface area contributed by atoms with Crippen molar-refractivity contribution < 1.29 is 4.79 Å². The molecule has 0 bridgehead atoms. The lowest BCUT2D eigenvalue weighted by atomic mass is 10.1. The van der Waals surface area contributed by atoms with Gasteiger partial charge in [-0.1, -0.05) is 41.9 Å². The molecule has 4 aromatic rings. The van der Waals surface area contributed by atoms with Gasteiger partial charge in [0.05, 0.1) is 6.21 Å². The SMILES string of the molecule is Cc1cc(/C=N\NC(=O)c2ccc(CSc3ccccc3)cc2)c(C)n1-c1ccc(Cl)cc1. The molecular formula is C27H24ClN3OS. The highest BCUT2D eigenvalue weighted by molar-refractivity contribution is 7.98. The number of nitrogens with one attached hydrogen (secondary N) is 1. The molecule has 0 aliphatic carbocycles. The first-order valence-corrected chi connectivity index (χ1v) is 11.9. The molecule has 6 heteroatoms. The monoisotopic (exact) mass is 473 g/mol. The molecule has 0 spiro atoms. The normalized spacial score (nSPS) is 11.1. The van der Waals surface area contributed by atoms with Gasteiger partial charge in [-0.3, -0.25) is 4.79 Å². The molecule has 0 saturated heterocycles. The van der Waals surface area contributed by atoms with Crippen LogP contribution in [-0.4, -0.2) is 16.7 Å². The summed E-state index contributed by atoms with van der Waals surface area (Å²) in [5.41, 5.74) is 8.45. The Morgan fingerprint density at radius 2 is 1.70 bits per heavy atom. The van der Waals surface area contributed by atoms with E-state index in [-0.39, 0.29) is 5.91 Å². The maximum atomic E-state index is 12.5. The Hall–Kier alpha value is -3.28. The van der Waals surface area contributed by atoms with Crippen molar-refractivity contribution in [3.05, 3.63) is 118 Å². The molecule has 0 aliphatic rings. The summed E-state index contributed by atoms with van der Waals surface area (Å²) in [6, 6.07) is 27.6. The summed E-state index contributed by atoms with van der Waals surface area (Å²) in [5.74, 6) is 0.618. The minimum absolute atomic E-state index is 0.236. The van der Waals surface area contributed by atoms with Gasteiger partial charge < -0.3 is 4.57 Å². The van der Waals surface area contributed by atoms with Crippen molar-refractivity contribution in [1.82, 2.24) is 9.99 Å². The Bertz CT molecular complexity index is 1260. The van der Waals surface area contributed by atoms with Crippen molar-refractivity contribution in [2.75, 3.05) is 0 Å². The van der Waals surface area contributed by atoms with Crippen molar-refractivity contribution in [2.24, 2.45) is 5.10 Å². The first-order valence-electron chi connectivity index (χ1n) is 10.6. The molecule has 4 nitrogen and oxygen atoms in total. The highest BCUT2D eigenvalue weighted by atomic mass is 35.5. The summed E-state index contributed by atoms with van der Waals surface area (Å²) >= 11 is 7.78. The molecule has 0 fully saturated rings. The quantitative estimate of drug-likeness (QED) is 0.182. The number of carbonyl (C=O) groups excluding carboxylic acids is 1. The predicted molar refractivity (Wildman–Crippen MR) is 138 cm³/mol. The average Bonchev–Trinajstić information content (AvgIpc) is 3.12. The van der Waals surface area contributed by atoms with Gasteiger partial charge in [-0.25, -0.2) is 5.43 Å². The highest BCUT2D eigenvalue weighted by Gasteiger charge is 2.10. The van der Waals surface area contributed by atoms with Crippen LogP contribution in [0.2, 0.25) is 5.02 Å². The fraction of sp³-hybridized carbons (Fsp3) is 0.111. The van der Waals surface area contributed by atoms with Crippen LogP contribution in [0, 0.1) is 13.8 Å². The smallest absolute Gasteiger partial charge is 0.271 e. The predicted octanol–water partition coefficient (Wildman–Crippen LogP) is 6.80. The van der Waals surface area contributed by atoms with Gasteiger partial charge >= 0.3 is 0 Å². The Morgan fingerprint density at radius 1 is 1.00 bits per heavy atom. The van der Waals surface area contributed by atoms with Crippen molar-refractivity contribution in [1.29, 1.82) is 0 Å². The summed E-state index contributed by atoms with van der Waals surface area (Å²) in [7, 11) is 0. The molecule has 33 heavy (non-hydrogen) atoms. The number of aromatic nitrogens is 1. The maximum Gasteiger partial charge on any atom is 0.271 e. The fourth-order valence-electron chi connectivity index (χ4n) is 3.57. The van der Waals surface area contributed by atoms with Gasteiger partial charge in [0.2, 0.25) is 0 Å². The number of aryl methyl sites for hydroxylation is 1. The number of rotatable bonds is 7. The van der Waals surface area contributed by atoms with Crippen LogP contribution in [0.1, 0.15) is 32.9 Å². The standard InChI is InChI=1S/C27H24ClN3OS/c1-19-16-23(20(2)31(19)25-14-12-24(28)13-15-25)17-29-30-27(32)22-10-8-21(9-11-22)18-33-26-6-4-3-5-7-26/h3-17H,18H2,1-2H3,(H,30,32)/b29-17-. The lowest BCUT2D eigenvalue weighted by Gasteiger charge is -2.09. The van der Waals surface area contributed by atoms with Crippen molar-refractivity contribution in [3.8, 4) is 5.69 Å². The molecule has 0 unspecified atom stereocenters. The molecule has 166 valence electrons. The maximum absolute atomic E-state index is 12.5. The van der Waals surface area contributed by atoms with Crippen molar-refractivity contribution in [2.45, 2.75) is 24.5 Å². The third-order valence-electron chi connectivity index (χ3n) is 5.29. The van der Waals surface area contributed by atoms with Crippen LogP contribution in [0.5, 0.6) is 0 Å². The van der Waals surface area contributed by atoms with Gasteiger partial charge in [-0.2, -0.15) is 5.10 Å². The number of halogens is 1. The van der Waals surface area contributed by atoms with Crippen LogP contribution in [0.4, 0.5) is 0 Å². The summed E-state index contributed by atoms with van der Waals surface area (Å²) in [6.07, 6.45) is 1.68. The van der Waals surface area contributed by atoms with Crippen LogP contribution in [0.3, 0.4) is 0 Å². The molecule has 1 amide bonds. The topological polar surface area (TPSA) is 46.4 Å². The molecule has 1 aromatic heterocycles. The minimum Gasteiger partial charge on any atom is -0.318 e. The number of nitrogens with zero attached hydrogens (tertiary/aromatic N) is 2. The van der Waals surface area contributed by atoms with E-state index < -0.39 is 0 Å². The van der Waals surface area contributed by atoms with Crippen LogP contribution in [0.25, 0.3) is 5.69 Å². The van der Waals surface area contributed by atoms with Gasteiger partial charge in [0.15, 0.2) is 0 Å². The molecular weight excluding hydrogens is 450 g/mol. The largest absolute Gasteiger partial charge is 0.318 e. The lowest BCUT2D eigenvalue weighted by molar-refractivity contribution is 0.0955. The number of hydrazone groups is 1. The zero-order valence-electron chi connectivity index (χ0n) is 18.5. The second kappa shape index (κ2) is 10.6. The minimum atomic E-state index is -0.236. The number of amides is 1. The second-order valence-corrected chi connectivity index (χ2v) is 9.12. The molecule has 1 heterocycles. The lowest BCUT2D eigenvalue weighted by Crippen LogP contribution is -2.17. The fourth-order valence-corrected chi connectivity index (χ4v) is 4.57. The molecule has 0 aliphatic heterocycles. The van der Waals surface area contributed by atoms with Crippen LogP contribution in [-0.2, 0) is 5.75 Å². The van der Waals surface area contributed by atoms with Gasteiger partial charge in [0.25, 0.3) is 5.91 Å². The number of thioether (sulfide) groups is 1. The summed E-state index contributed by atoms with van der Waals surface area (Å²) in [5, 5.41) is 4.88. The third-order valence-corrected chi connectivity index (χ3v) is 6.62. The third kappa shape index (κ3) is 5.75. The Labute approximate surface area is 203 Å². The Morgan fingerprint density at radius 3 is 2.39 bits per heavy atom. The van der Waals surface area contributed by atoms with E-state index in [1.807, 2.05) is 86.6 Å². The molecule has 0 radical (unpaired) electrons. The first-order chi connectivity index (χ1) is 16.0. The number of hydrogen-bond acceptors (Lipinski definition) is 3. The van der Waals surface area contributed by atoms with E-state index in [4.69, 9.17) is 11.6 Å². The second-order valence-electron chi connectivity index (χ2n) is 7.64. The van der Waals surface area contributed by atoms with Gasteiger partial charge in [-0.15, -0.1) is 11.8 Å². The van der Waals surface area contributed by atoms with Crippen molar-refractivity contribution >= 4 is 35.5 Å².